The number of benzene rings is 4. The van der Waals surface area contributed by atoms with Crippen molar-refractivity contribution < 1.29 is 23.9 Å². The summed E-state index contributed by atoms with van der Waals surface area (Å²) in [5.41, 5.74) is 2.30. The Hall–Kier alpha value is -4.67. The molecule has 3 N–H and O–H groups in total. The van der Waals surface area contributed by atoms with Gasteiger partial charge < -0.3 is 20.7 Å². The lowest BCUT2D eigenvalue weighted by atomic mass is 10.1. The highest BCUT2D eigenvalue weighted by Crippen LogP contribution is 2.23. The highest BCUT2D eigenvalue weighted by atomic mass is 79.9. The molecular weight excluding hydrogens is 618 g/mol. The molecule has 8 nitrogen and oxygen atoms in total. The van der Waals surface area contributed by atoms with Gasteiger partial charge in [0.25, 0.3) is 11.8 Å². The largest absolute Gasteiger partial charge is 0.465 e. The fourth-order valence-electron chi connectivity index (χ4n) is 3.75. The molecule has 0 spiro atoms. The van der Waals surface area contributed by atoms with Crippen molar-refractivity contribution >= 4 is 68.8 Å². The van der Waals surface area contributed by atoms with Gasteiger partial charge in [-0.2, -0.15) is 0 Å². The minimum absolute atomic E-state index is 0.0629. The Bertz CT molecular complexity index is 1620. The molecule has 0 saturated carbocycles. The van der Waals surface area contributed by atoms with Gasteiger partial charge in [0.05, 0.1) is 24.1 Å². The first-order chi connectivity index (χ1) is 20.3. The van der Waals surface area contributed by atoms with Crippen LogP contribution >= 0.6 is 27.7 Å². The number of hydrogen-bond acceptors (Lipinski definition) is 6. The predicted molar refractivity (Wildman–Crippen MR) is 168 cm³/mol. The number of esters is 1. The molecule has 212 valence electrons. The lowest BCUT2D eigenvalue weighted by Gasteiger charge is -2.12. The first kappa shape index (κ1) is 30.3. The second kappa shape index (κ2) is 14.8. The average molecular weight is 645 g/mol. The normalized spacial score (nSPS) is 10.9. The molecule has 0 aliphatic carbocycles. The van der Waals surface area contributed by atoms with Crippen molar-refractivity contribution in [3.8, 4) is 0 Å². The molecule has 0 unspecified atom stereocenters. The summed E-state index contributed by atoms with van der Waals surface area (Å²) in [6.07, 6.45) is 1.59. The van der Waals surface area contributed by atoms with E-state index in [1.54, 1.807) is 78.9 Å². The average Bonchev–Trinajstić information content (AvgIpc) is 3.01. The molecule has 0 bridgehead atoms. The Morgan fingerprint density at radius 3 is 2.29 bits per heavy atom. The van der Waals surface area contributed by atoms with E-state index in [1.807, 2.05) is 30.3 Å². The number of ether oxygens (including phenoxy) is 1. The van der Waals surface area contributed by atoms with E-state index >= 15 is 0 Å². The molecule has 0 heterocycles. The molecule has 0 aliphatic rings. The minimum atomic E-state index is -0.546. The van der Waals surface area contributed by atoms with Crippen LogP contribution in [0, 0.1) is 0 Å². The first-order valence-electron chi connectivity index (χ1n) is 12.7. The van der Waals surface area contributed by atoms with Gasteiger partial charge in [0, 0.05) is 20.6 Å². The number of carbonyl (C=O) groups excluding carboxylic acids is 4. The topological polar surface area (TPSA) is 114 Å². The van der Waals surface area contributed by atoms with Gasteiger partial charge in [-0.3, -0.25) is 14.4 Å². The molecule has 4 aromatic carbocycles. The molecule has 4 rings (SSSR count). The summed E-state index contributed by atoms with van der Waals surface area (Å²) in [5, 5.41) is 8.28. The van der Waals surface area contributed by atoms with E-state index in [0.29, 0.717) is 16.9 Å². The number of amides is 3. The summed E-state index contributed by atoms with van der Waals surface area (Å²) in [7, 11) is 1.28. The van der Waals surface area contributed by atoms with Crippen LogP contribution in [0.4, 0.5) is 11.4 Å². The van der Waals surface area contributed by atoms with Crippen LogP contribution in [0.3, 0.4) is 0 Å². The van der Waals surface area contributed by atoms with E-state index in [9.17, 15) is 19.2 Å². The van der Waals surface area contributed by atoms with Crippen LogP contribution in [0.15, 0.2) is 118 Å². The Morgan fingerprint density at radius 2 is 1.55 bits per heavy atom. The van der Waals surface area contributed by atoms with E-state index in [0.717, 1.165) is 14.9 Å². The van der Waals surface area contributed by atoms with E-state index in [1.165, 1.54) is 18.9 Å². The van der Waals surface area contributed by atoms with Gasteiger partial charge in [-0.15, -0.1) is 11.8 Å². The summed E-state index contributed by atoms with van der Waals surface area (Å²) >= 11 is 4.66. The summed E-state index contributed by atoms with van der Waals surface area (Å²) in [6, 6.07) is 29.5. The van der Waals surface area contributed by atoms with Crippen LogP contribution < -0.4 is 16.0 Å². The van der Waals surface area contributed by atoms with Crippen molar-refractivity contribution in [1.29, 1.82) is 0 Å². The van der Waals surface area contributed by atoms with Crippen molar-refractivity contribution in [3.05, 3.63) is 130 Å². The van der Waals surface area contributed by atoms with Crippen molar-refractivity contribution in [2.75, 3.05) is 23.5 Å². The van der Waals surface area contributed by atoms with Gasteiger partial charge in [0.1, 0.15) is 5.70 Å². The Kier molecular flexibility index (Phi) is 10.7. The molecule has 0 aliphatic heterocycles. The van der Waals surface area contributed by atoms with Gasteiger partial charge in [-0.1, -0.05) is 64.5 Å². The van der Waals surface area contributed by atoms with Crippen LogP contribution in [-0.4, -0.2) is 36.6 Å². The zero-order valence-corrected chi connectivity index (χ0v) is 24.8. The van der Waals surface area contributed by atoms with E-state index < -0.39 is 17.8 Å². The van der Waals surface area contributed by atoms with Crippen molar-refractivity contribution in [2.24, 2.45) is 0 Å². The second-order valence-electron chi connectivity index (χ2n) is 8.79. The third-order valence-electron chi connectivity index (χ3n) is 5.78. The summed E-state index contributed by atoms with van der Waals surface area (Å²) in [5.74, 6) is -1.72. The van der Waals surface area contributed by atoms with Gasteiger partial charge >= 0.3 is 5.97 Å². The van der Waals surface area contributed by atoms with Gasteiger partial charge in [-0.25, -0.2) is 4.79 Å². The number of para-hydroxylation sites is 1. The van der Waals surface area contributed by atoms with E-state index in [-0.39, 0.29) is 22.9 Å². The van der Waals surface area contributed by atoms with Crippen LogP contribution in [0.5, 0.6) is 0 Å². The molecular formula is C32H26BrN3O5S. The zero-order chi connectivity index (χ0) is 29.9. The molecule has 0 atom stereocenters. The summed E-state index contributed by atoms with van der Waals surface area (Å²) in [6.45, 7) is 0. The number of nitrogens with one attached hydrogen (secondary N) is 3. The second-order valence-corrected chi connectivity index (χ2v) is 10.8. The maximum Gasteiger partial charge on any atom is 0.339 e. The number of methoxy groups -OCH3 is 1. The minimum Gasteiger partial charge on any atom is -0.465 e. The summed E-state index contributed by atoms with van der Waals surface area (Å²) in [4.78, 5) is 51.5. The van der Waals surface area contributed by atoms with Crippen LogP contribution in [0.2, 0.25) is 0 Å². The standard InChI is InChI=1S/C32H26BrN3O5S/c1-41-32(40)26-12-5-6-13-27(26)35-29(37)20-42-25-11-7-10-24(19-25)34-31(39)28(18-21-14-16-23(33)17-15-21)36-30(38)22-8-3-2-4-9-22/h2-19H,20H2,1H3,(H,34,39)(H,35,37)(H,36,38)/b28-18+. The molecule has 0 saturated heterocycles. The Labute approximate surface area is 255 Å². The van der Waals surface area contributed by atoms with Crippen LogP contribution in [-0.2, 0) is 14.3 Å². The van der Waals surface area contributed by atoms with Crippen molar-refractivity contribution in [2.45, 2.75) is 4.90 Å². The molecule has 4 aromatic rings. The van der Waals surface area contributed by atoms with E-state index in [4.69, 9.17) is 4.74 Å². The van der Waals surface area contributed by atoms with Crippen molar-refractivity contribution in [3.63, 3.8) is 0 Å². The lowest BCUT2D eigenvalue weighted by Crippen LogP contribution is -2.30. The smallest absolute Gasteiger partial charge is 0.339 e. The fourth-order valence-corrected chi connectivity index (χ4v) is 4.76. The number of anilines is 2. The Morgan fingerprint density at radius 1 is 0.833 bits per heavy atom. The number of carbonyl (C=O) groups is 4. The van der Waals surface area contributed by atoms with Gasteiger partial charge in [0.15, 0.2) is 0 Å². The van der Waals surface area contributed by atoms with Crippen LogP contribution in [0.1, 0.15) is 26.3 Å². The molecule has 0 radical (unpaired) electrons. The number of hydrogen-bond donors (Lipinski definition) is 3. The van der Waals surface area contributed by atoms with Crippen LogP contribution in [0.25, 0.3) is 6.08 Å². The number of rotatable bonds is 10. The quantitative estimate of drug-likeness (QED) is 0.105. The maximum absolute atomic E-state index is 13.3. The maximum atomic E-state index is 13.3. The lowest BCUT2D eigenvalue weighted by molar-refractivity contribution is -0.114. The first-order valence-corrected chi connectivity index (χ1v) is 14.5. The van der Waals surface area contributed by atoms with E-state index in [2.05, 4.69) is 31.9 Å². The number of halogens is 1. The fraction of sp³-hybridized carbons (Fsp3) is 0.0625. The van der Waals surface area contributed by atoms with Gasteiger partial charge in [-0.05, 0) is 66.2 Å². The zero-order valence-electron chi connectivity index (χ0n) is 22.4. The van der Waals surface area contributed by atoms with Crippen molar-refractivity contribution in [1.82, 2.24) is 5.32 Å². The Balaban J connectivity index is 1.44. The molecule has 3 amide bonds. The molecule has 42 heavy (non-hydrogen) atoms. The highest BCUT2D eigenvalue weighted by Gasteiger charge is 2.16. The molecule has 0 fully saturated rings. The number of thioether (sulfide) groups is 1. The third kappa shape index (κ3) is 8.66. The molecule has 10 heteroatoms. The third-order valence-corrected chi connectivity index (χ3v) is 7.30. The SMILES string of the molecule is COC(=O)c1ccccc1NC(=O)CSc1cccc(NC(=O)/C(=C\c2ccc(Br)cc2)NC(=O)c2ccccc2)c1. The predicted octanol–water partition coefficient (Wildman–Crippen LogP) is 6.38. The highest BCUT2D eigenvalue weighted by molar-refractivity contribution is 9.10. The molecule has 0 aromatic heterocycles. The monoisotopic (exact) mass is 643 g/mol. The van der Waals surface area contributed by atoms with Gasteiger partial charge in [0.2, 0.25) is 5.91 Å². The summed E-state index contributed by atoms with van der Waals surface area (Å²) < 4.78 is 5.66.